The largest absolute Gasteiger partial charge is 0.481 e. The molecule has 1 rings (SSSR count). The van der Waals surface area contributed by atoms with Gasteiger partial charge in [-0.2, -0.15) is 0 Å². The molecule has 0 radical (unpaired) electrons. The number of aliphatic carboxylic acids is 1. The molecule has 5 heteroatoms. The van der Waals surface area contributed by atoms with Crippen LogP contribution < -0.4 is 0 Å². The lowest BCUT2D eigenvalue weighted by Crippen LogP contribution is -2.35. The molecule has 0 amide bonds. The van der Waals surface area contributed by atoms with Crippen molar-refractivity contribution < 1.29 is 24.5 Å². The number of carboxylic acid groups (broad SMARTS) is 1. The highest BCUT2D eigenvalue weighted by Gasteiger charge is 2.30. The maximum Gasteiger partial charge on any atom is 0.309 e. The first kappa shape index (κ1) is 29.4. The molecule has 0 spiro atoms. The summed E-state index contributed by atoms with van der Waals surface area (Å²) in [5, 5.41) is 20.4. The predicted molar refractivity (Wildman–Crippen MR) is 131 cm³/mol. The van der Waals surface area contributed by atoms with Gasteiger partial charge in [0.15, 0.2) is 6.29 Å². The zero-order valence-electron chi connectivity index (χ0n) is 21.1. The number of hydrogen-bond acceptors (Lipinski definition) is 4. The van der Waals surface area contributed by atoms with E-state index >= 15 is 0 Å². The summed E-state index contributed by atoms with van der Waals surface area (Å²) in [6, 6.07) is 0. The minimum absolute atomic E-state index is 0.129. The number of hydrogen-bond donors (Lipinski definition) is 2. The quantitative estimate of drug-likeness (QED) is 0.178. The summed E-state index contributed by atoms with van der Waals surface area (Å²) in [6.07, 6.45) is 19.3. The van der Waals surface area contributed by atoms with Crippen molar-refractivity contribution in [1.82, 2.24) is 0 Å². The normalized spacial score (nSPS) is 19.5. The molecule has 0 aromatic rings. The van der Waals surface area contributed by atoms with Gasteiger partial charge in [-0.1, -0.05) is 97.3 Å². The minimum atomic E-state index is -0.885. The van der Waals surface area contributed by atoms with E-state index < -0.39 is 18.0 Å². The summed E-state index contributed by atoms with van der Waals surface area (Å²) in [5.74, 6) is -1.59. The Morgan fingerprint density at radius 1 is 0.875 bits per heavy atom. The van der Waals surface area contributed by atoms with Gasteiger partial charge in [-0.3, -0.25) is 4.79 Å². The molecule has 0 aromatic carbocycles. The minimum Gasteiger partial charge on any atom is -0.481 e. The van der Waals surface area contributed by atoms with E-state index in [2.05, 4.69) is 13.8 Å². The molecule has 0 aromatic heterocycles. The van der Waals surface area contributed by atoms with Crippen LogP contribution in [0.1, 0.15) is 136 Å². The summed E-state index contributed by atoms with van der Waals surface area (Å²) in [6.45, 7) is 5.12. The van der Waals surface area contributed by atoms with Gasteiger partial charge in [-0.15, -0.1) is 0 Å². The van der Waals surface area contributed by atoms with Crippen molar-refractivity contribution in [3.63, 3.8) is 0 Å². The van der Waals surface area contributed by atoms with Crippen LogP contribution >= 0.6 is 0 Å². The van der Waals surface area contributed by atoms with Gasteiger partial charge < -0.3 is 19.7 Å². The zero-order valence-corrected chi connectivity index (χ0v) is 21.1. The number of aliphatic hydroxyl groups is 1. The number of carbonyl (C=O) groups is 1. The molecule has 4 atom stereocenters. The fourth-order valence-corrected chi connectivity index (χ4v) is 4.66. The number of rotatable bonds is 21. The summed E-state index contributed by atoms with van der Waals surface area (Å²) >= 11 is 0. The maximum atomic E-state index is 11.8. The lowest BCUT2D eigenvalue weighted by molar-refractivity contribution is -0.196. The van der Waals surface area contributed by atoms with E-state index in [1.807, 2.05) is 0 Å². The van der Waals surface area contributed by atoms with Crippen LogP contribution in [0.25, 0.3) is 0 Å². The summed E-state index contributed by atoms with van der Waals surface area (Å²) in [7, 11) is 0. The first-order valence-corrected chi connectivity index (χ1v) is 13.8. The first-order chi connectivity index (χ1) is 15.6. The van der Waals surface area contributed by atoms with Crippen LogP contribution in [0, 0.1) is 5.92 Å². The summed E-state index contributed by atoms with van der Waals surface area (Å²) in [5.41, 5.74) is 0. The average Bonchev–Trinajstić information content (AvgIpc) is 2.78. The van der Waals surface area contributed by atoms with E-state index in [1.54, 1.807) is 0 Å². The predicted octanol–water partition coefficient (Wildman–Crippen LogP) is 7.24. The van der Waals surface area contributed by atoms with Gasteiger partial charge in [0.2, 0.25) is 0 Å². The Morgan fingerprint density at radius 3 is 2.00 bits per heavy atom. The third-order valence-electron chi connectivity index (χ3n) is 6.77. The van der Waals surface area contributed by atoms with Crippen molar-refractivity contribution in [2.45, 2.75) is 154 Å². The second kappa shape index (κ2) is 19.8. The second-order valence-electron chi connectivity index (χ2n) is 9.77. The highest BCUT2D eigenvalue weighted by atomic mass is 16.7. The van der Waals surface area contributed by atoms with Crippen molar-refractivity contribution in [3.8, 4) is 0 Å². The fraction of sp³-hybridized carbons (Fsp3) is 0.963. The molecule has 0 aliphatic carbocycles. The Morgan fingerprint density at radius 2 is 1.44 bits per heavy atom. The molecule has 1 fully saturated rings. The SMILES string of the molecule is CCCCCCCCCCC[C@H](CC(O)C(CCCCCC)C(=O)O)OC1CCCCO1. The molecule has 5 nitrogen and oxygen atoms in total. The van der Waals surface area contributed by atoms with Crippen LogP contribution in [0.3, 0.4) is 0 Å². The Hall–Kier alpha value is -0.650. The van der Waals surface area contributed by atoms with Crippen LogP contribution in [0.4, 0.5) is 0 Å². The van der Waals surface area contributed by atoms with Gasteiger partial charge >= 0.3 is 5.97 Å². The Bertz CT molecular complexity index is 436. The molecule has 3 unspecified atom stereocenters. The van der Waals surface area contributed by atoms with Gasteiger partial charge in [-0.05, 0) is 32.1 Å². The number of ether oxygens (including phenoxy) is 2. The number of unbranched alkanes of at least 4 members (excludes halogenated alkanes) is 11. The Labute approximate surface area is 197 Å². The molecule has 32 heavy (non-hydrogen) atoms. The third kappa shape index (κ3) is 14.5. The van der Waals surface area contributed by atoms with E-state index in [0.717, 1.165) is 64.4 Å². The van der Waals surface area contributed by atoms with Crippen molar-refractivity contribution >= 4 is 5.97 Å². The molecule has 1 aliphatic heterocycles. The van der Waals surface area contributed by atoms with Crippen LogP contribution in [0.5, 0.6) is 0 Å². The van der Waals surface area contributed by atoms with Crippen molar-refractivity contribution in [1.29, 1.82) is 0 Å². The lowest BCUT2D eigenvalue weighted by atomic mass is 9.90. The van der Waals surface area contributed by atoms with Crippen LogP contribution in [0.2, 0.25) is 0 Å². The van der Waals surface area contributed by atoms with Crippen molar-refractivity contribution in [2.24, 2.45) is 5.92 Å². The molecule has 0 bridgehead atoms. The van der Waals surface area contributed by atoms with Gasteiger partial charge in [0, 0.05) is 13.0 Å². The summed E-state index contributed by atoms with van der Waals surface area (Å²) < 4.78 is 12.0. The smallest absolute Gasteiger partial charge is 0.309 e. The van der Waals surface area contributed by atoms with Crippen LogP contribution in [-0.2, 0) is 14.3 Å². The molecule has 0 saturated carbocycles. The van der Waals surface area contributed by atoms with Gasteiger partial charge in [0.05, 0.1) is 18.1 Å². The third-order valence-corrected chi connectivity index (χ3v) is 6.77. The highest BCUT2D eigenvalue weighted by Crippen LogP contribution is 2.25. The average molecular weight is 457 g/mol. The molecule has 1 aliphatic rings. The topological polar surface area (TPSA) is 76.0 Å². The molecular weight excluding hydrogens is 404 g/mol. The van der Waals surface area contributed by atoms with Crippen molar-refractivity contribution in [3.05, 3.63) is 0 Å². The van der Waals surface area contributed by atoms with Crippen LogP contribution in [0.15, 0.2) is 0 Å². The standard InChI is InChI=1S/C27H52O5/c1-3-5-7-9-10-11-12-13-14-18-23(32-26-20-16-17-21-31-26)22-25(28)24(27(29)30)19-15-8-6-4-2/h23-26,28H,3-22H2,1-2H3,(H,29,30)/t23-,24?,25?,26?/m1/s1. The fourth-order valence-electron chi connectivity index (χ4n) is 4.66. The maximum absolute atomic E-state index is 11.8. The van der Waals surface area contributed by atoms with Crippen molar-refractivity contribution in [2.75, 3.05) is 6.61 Å². The van der Waals surface area contributed by atoms with E-state index in [0.29, 0.717) is 12.8 Å². The van der Waals surface area contributed by atoms with E-state index in [-0.39, 0.29) is 12.4 Å². The first-order valence-electron chi connectivity index (χ1n) is 13.8. The van der Waals surface area contributed by atoms with E-state index in [1.165, 1.54) is 51.4 Å². The van der Waals surface area contributed by atoms with E-state index in [4.69, 9.17) is 9.47 Å². The van der Waals surface area contributed by atoms with Crippen LogP contribution in [-0.4, -0.2) is 41.3 Å². The molecule has 190 valence electrons. The Balaban J connectivity index is 2.44. The van der Waals surface area contributed by atoms with Gasteiger partial charge in [-0.25, -0.2) is 0 Å². The lowest BCUT2D eigenvalue weighted by Gasteiger charge is -2.30. The monoisotopic (exact) mass is 456 g/mol. The van der Waals surface area contributed by atoms with E-state index in [9.17, 15) is 15.0 Å². The van der Waals surface area contributed by atoms with Gasteiger partial charge in [0.25, 0.3) is 0 Å². The molecule has 2 N–H and O–H groups in total. The number of carboxylic acids is 1. The molecular formula is C27H52O5. The molecule has 1 saturated heterocycles. The van der Waals surface area contributed by atoms with Gasteiger partial charge in [0.1, 0.15) is 0 Å². The number of aliphatic hydroxyl groups excluding tert-OH is 1. The zero-order chi connectivity index (χ0) is 23.4. The highest BCUT2D eigenvalue weighted by molar-refractivity contribution is 5.70. The second-order valence-corrected chi connectivity index (χ2v) is 9.77. The molecule has 1 heterocycles. The Kier molecular flexibility index (Phi) is 18.2. The summed E-state index contributed by atoms with van der Waals surface area (Å²) in [4.78, 5) is 11.8.